The van der Waals surface area contributed by atoms with Gasteiger partial charge in [-0.1, -0.05) is 11.6 Å². The van der Waals surface area contributed by atoms with E-state index in [0.717, 1.165) is 13.0 Å². The molecule has 1 aromatic carbocycles. The van der Waals surface area contributed by atoms with Gasteiger partial charge in [-0.25, -0.2) is 4.79 Å². The van der Waals surface area contributed by atoms with E-state index in [4.69, 9.17) is 16.0 Å². The number of oxazole rings is 1. The van der Waals surface area contributed by atoms with Crippen LogP contribution in [0.4, 0.5) is 0 Å². The Hall–Kier alpha value is -2.05. The molecule has 0 fully saturated rings. The second-order valence-electron chi connectivity index (χ2n) is 6.19. The van der Waals surface area contributed by atoms with Crippen molar-refractivity contribution < 1.29 is 9.21 Å². The van der Waals surface area contributed by atoms with Gasteiger partial charge >= 0.3 is 5.76 Å². The number of benzene rings is 1. The van der Waals surface area contributed by atoms with Crippen LogP contribution < -0.4 is 5.76 Å². The van der Waals surface area contributed by atoms with Crippen molar-refractivity contribution in [1.29, 1.82) is 0 Å². The molecule has 7 heteroatoms. The number of halogens is 1. The standard InChI is InChI=1S/C18H17ClN2O3S/c1-11-13-6-9-25-16(13)4-7-20(11)17(22)5-8-21-14-3-2-12(19)10-15(14)24-18(21)23/h2-3,6,9-11H,4-5,7-8H2,1H3/t11-/m1/s1. The summed E-state index contributed by atoms with van der Waals surface area (Å²) in [7, 11) is 0. The minimum atomic E-state index is -0.461. The number of aryl methyl sites for hydroxylation is 1. The van der Waals surface area contributed by atoms with Crippen LogP contribution >= 0.6 is 22.9 Å². The SMILES string of the molecule is C[C@@H]1c2ccsc2CCN1C(=O)CCn1c(=O)oc2cc(Cl)ccc21. The predicted molar refractivity (Wildman–Crippen MR) is 98.3 cm³/mol. The molecular weight excluding hydrogens is 360 g/mol. The highest BCUT2D eigenvalue weighted by Gasteiger charge is 2.28. The Balaban J connectivity index is 1.51. The molecule has 0 unspecified atom stereocenters. The van der Waals surface area contributed by atoms with E-state index in [9.17, 15) is 9.59 Å². The van der Waals surface area contributed by atoms with Crippen LogP contribution in [-0.4, -0.2) is 21.9 Å². The van der Waals surface area contributed by atoms with Gasteiger partial charge in [0, 0.05) is 35.5 Å². The van der Waals surface area contributed by atoms with Crippen molar-refractivity contribution >= 4 is 39.9 Å². The van der Waals surface area contributed by atoms with E-state index in [2.05, 4.69) is 18.4 Å². The van der Waals surface area contributed by atoms with Crippen LogP contribution in [0.1, 0.15) is 29.8 Å². The number of carbonyl (C=O) groups excluding carboxylic acids is 1. The molecule has 3 aromatic rings. The lowest BCUT2D eigenvalue weighted by molar-refractivity contribution is -0.134. The van der Waals surface area contributed by atoms with E-state index < -0.39 is 5.76 Å². The van der Waals surface area contributed by atoms with Crippen LogP contribution in [0.5, 0.6) is 0 Å². The number of rotatable bonds is 3. The average molecular weight is 377 g/mol. The fourth-order valence-corrected chi connectivity index (χ4v) is 4.58. The van der Waals surface area contributed by atoms with Gasteiger partial charge in [0.1, 0.15) is 0 Å². The van der Waals surface area contributed by atoms with Crippen molar-refractivity contribution in [1.82, 2.24) is 9.47 Å². The van der Waals surface area contributed by atoms with E-state index in [-0.39, 0.29) is 18.4 Å². The van der Waals surface area contributed by atoms with E-state index in [0.29, 0.717) is 22.7 Å². The monoisotopic (exact) mass is 376 g/mol. The summed E-state index contributed by atoms with van der Waals surface area (Å²) < 4.78 is 6.71. The molecule has 1 atom stereocenters. The molecule has 1 amide bonds. The van der Waals surface area contributed by atoms with Gasteiger partial charge in [0.05, 0.1) is 11.6 Å². The minimum absolute atomic E-state index is 0.0552. The summed E-state index contributed by atoms with van der Waals surface area (Å²) in [5.41, 5.74) is 2.35. The van der Waals surface area contributed by atoms with Crippen molar-refractivity contribution in [3.63, 3.8) is 0 Å². The number of hydrogen-bond donors (Lipinski definition) is 0. The first-order chi connectivity index (χ1) is 12.0. The smallest absolute Gasteiger partial charge is 0.408 e. The Kier molecular flexibility index (Phi) is 4.17. The van der Waals surface area contributed by atoms with Gasteiger partial charge in [0.15, 0.2) is 5.58 Å². The summed E-state index contributed by atoms with van der Waals surface area (Å²) >= 11 is 7.68. The van der Waals surface area contributed by atoms with Crippen LogP contribution in [0.25, 0.3) is 11.1 Å². The second kappa shape index (κ2) is 6.35. The van der Waals surface area contributed by atoms with Gasteiger partial charge in [-0.15, -0.1) is 11.3 Å². The molecule has 4 rings (SSSR count). The van der Waals surface area contributed by atoms with Crippen LogP contribution in [-0.2, 0) is 17.8 Å². The first-order valence-corrected chi connectivity index (χ1v) is 9.45. The fraction of sp³-hybridized carbons (Fsp3) is 0.333. The third-order valence-electron chi connectivity index (χ3n) is 4.78. The maximum atomic E-state index is 12.7. The highest BCUT2D eigenvalue weighted by Crippen LogP contribution is 2.33. The van der Waals surface area contributed by atoms with Gasteiger partial charge in [-0.05, 0) is 42.5 Å². The van der Waals surface area contributed by atoms with Crippen molar-refractivity contribution in [2.75, 3.05) is 6.54 Å². The number of nitrogens with zero attached hydrogens (tertiary/aromatic N) is 2. The Morgan fingerprint density at radius 1 is 1.40 bits per heavy atom. The van der Waals surface area contributed by atoms with Crippen LogP contribution in [0.3, 0.4) is 0 Å². The quantitative estimate of drug-likeness (QED) is 0.697. The van der Waals surface area contributed by atoms with Crippen LogP contribution in [0, 0.1) is 0 Å². The maximum Gasteiger partial charge on any atom is 0.419 e. The zero-order chi connectivity index (χ0) is 17.6. The van der Waals surface area contributed by atoms with Gasteiger partial charge in [-0.2, -0.15) is 0 Å². The molecule has 0 saturated carbocycles. The van der Waals surface area contributed by atoms with Crippen molar-refractivity contribution in [2.45, 2.75) is 32.4 Å². The number of hydrogen-bond acceptors (Lipinski definition) is 4. The van der Waals surface area contributed by atoms with Gasteiger partial charge in [0.25, 0.3) is 0 Å². The fourth-order valence-electron chi connectivity index (χ4n) is 3.45. The maximum absolute atomic E-state index is 12.7. The Labute approximate surface area is 153 Å². The molecule has 25 heavy (non-hydrogen) atoms. The Bertz CT molecular complexity index is 1000. The number of amides is 1. The molecule has 0 saturated heterocycles. The molecule has 1 aliphatic heterocycles. The van der Waals surface area contributed by atoms with E-state index in [1.807, 2.05) is 4.90 Å². The highest BCUT2D eigenvalue weighted by atomic mass is 35.5. The molecule has 0 N–H and O–H groups in total. The third-order valence-corrected chi connectivity index (χ3v) is 6.01. The summed E-state index contributed by atoms with van der Waals surface area (Å²) in [4.78, 5) is 28.0. The van der Waals surface area contributed by atoms with Crippen molar-refractivity contribution in [3.05, 3.63) is 55.7 Å². The largest absolute Gasteiger partial charge is 0.419 e. The molecule has 130 valence electrons. The summed E-state index contributed by atoms with van der Waals surface area (Å²) in [5.74, 6) is -0.406. The number of carbonyl (C=O) groups is 1. The van der Waals surface area contributed by atoms with E-state index in [1.54, 1.807) is 29.5 Å². The first-order valence-electron chi connectivity index (χ1n) is 8.19. The van der Waals surface area contributed by atoms with Crippen molar-refractivity contribution in [3.8, 4) is 0 Å². The van der Waals surface area contributed by atoms with E-state index >= 15 is 0 Å². The molecule has 0 bridgehead atoms. The molecule has 0 radical (unpaired) electrons. The van der Waals surface area contributed by atoms with E-state index in [1.165, 1.54) is 15.0 Å². The van der Waals surface area contributed by atoms with Gasteiger partial charge in [0.2, 0.25) is 5.91 Å². The molecular formula is C18H17ClN2O3S. The molecule has 0 aliphatic carbocycles. The third kappa shape index (κ3) is 2.89. The lowest BCUT2D eigenvalue weighted by Crippen LogP contribution is -2.38. The Morgan fingerprint density at radius 2 is 2.24 bits per heavy atom. The van der Waals surface area contributed by atoms with Crippen molar-refractivity contribution in [2.24, 2.45) is 0 Å². The topological polar surface area (TPSA) is 55.5 Å². The highest BCUT2D eigenvalue weighted by molar-refractivity contribution is 7.10. The Morgan fingerprint density at radius 3 is 3.08 bits per heavy atom. The summed E-state index contributed by atoms with van der Waals surface area (Å²) in [5, 5.41) is 2.59. The molecule has 3 heterocycles. The van der Waals surface area contributed by atoms with Gasteiger partial charge < -0.3 is 9.32 Å². The molecule has 2 aromatic heterocycles. The summed E-state index contributed by atoms with van der Waals surface area (Å²) in [6.45, 7) is 3.08. The molecule has 5 nitrogen and oxygen atoms in total. The zero-order valence-electron chi connectivity index (χ0n) is 13.7. The number of thiophene rings is 1. The first kappa shape index (κ1) is 16.4. The minimum Gasteiger partial charge on any atom is -0.408 e. The van der Waals surface area contributed by atoms with Crippen LogP contribution in [0.15, 0.2) is 38.9 Å². The molecule has 0 spiro atoms. The normalized spacial score (nSPS) is 17.0. The molecule has 1 aliphatic rings. The second-order valence-corrected chi connectivity index (χ2v) is 7.63. The van der Waals surface area contributed by atoms with Gasteiger partial charge in [-0.3, -0.25) is 9.36 Å². The van der Waals surface area contributed by atoms with Crippen LogP contribution in [0.2, 0.25) is 5.02 Å². The number of aromatic nitrogens is 1. The summed E-state index contributed by atoms with van der Waals surface area (Å²) in [6.07, 6.45) is 1.16. The lowest BCUT2D eigenvalue weighted by atomic mass is 10.0. The summed E-state index contributed by atoms with van der Waals surface area (Å²) in [6, 6.07) is 7.25. The number of fused-ring (bicyclic) bond motifs is 2. The average Bonchev–Trinajstić information content (AvgIpc) is 3.17. The predicted octanol–water partition coefficient (Wildman–Crippen LogP) is 3.85. The zero-order valence-corrected chi connectivity index (χ0v) is 15.3. The lowest BCUT2D eigenvalue weighted by Gasteiger charge is -2.33.